The number of amides is 1. The summed E-state index contributed by atoms with van der Waals surface area (Å²) in [5, 5.41) is 14.7. The topological polar surface area (TPSA) is 62.1 Å². The summed E-state index contributed by atoms with van der Waals surface area (Å²) < 4.78 is 5.15. The summed E-state index contributed by atoms with van der Waals surface area (Å²) in [6.07, 6.45) is 3.16. The maximum Gasteiger partial charge on any atom is 0.249 e. The van der Waals surface area contributed by atoms with Crippen LogP contribution in [0.4, 0.5) is 5.00 Å². The van der Waals surface area contributed by atoms with Crippen molar-refractivity contribution < 1.29 is 9.53 Å². The first-order valence-corrected chi connectivity index (χ1v) is 8.38. The number of carbonyl (C=O) groups excluding carboxylic acids is 1. The highest BCUT2D eigenvalue weighted by Crippen LogP contribution is 2.35. The van der Waals surface area contributed by atoms with Gasteiger partial charge in [-0.15, -0.1) is 11.3 Å². The maximum atomic E-state index is 12.1. The number of rotatable bonds is 4. The van der Waals surface area contributed by atoms with Crippen LogP contribution in [0.1, 0.15) is 37.5 Å². The van der Waals surface area contributed by atoms with Crippen LogP contribution in [0.25, 0.3) is 6.08 Å². The summed E-state index contributed by atoms with van der Waals surface area (Å²) in [6, 6.07) is 9.63. The number of nitrogens with zero attached hydrogens (tertiary/aromatic N) is 1. The number of hydrogen-bond donors (Lipinski definition) is 1. The molecule has 4 nitrogen and oxygen atoms in total. The van der Waals surface area contributed by atoms with E-state index in [4.69, 9.17) is 4.74 Å². The van der Waals surface area contributed by atoms with E-state index in [2.05, 4.69) is 11.4 Å². The fraction of sp³-hybridized carbons (Fsp3) is 0.263. The van der Waals surface area contributed by atoms with Crippen molar-refractivity contribution >= 4 is 28.3 Å². The van der Waals surface area contributed by atoms with E-state index in [0.29, 0.717) is 10.6 Å². The number of ether oxygens (including phenoxy) is 1. The van der Waals surface area contributed by atoms with Gasteiger partial charge in [-0.3, -0.25) is 4.79 Å². The number of anilines is 1. The highest BCUT2D eigenvalue weighted by atomic mass is 32.1. The lowest BCUT2D eigenvalue weighted by Crippen LogP contribution is -2.13. The molecular formula is C19H20N2O2S. The predicted octanol–water partition coefficient (Wildman–Crippen LogP) is 4.58. The third kappa shape index (κ3) is 4.24. The second-order valence-electron chi connectivity index (χ2n) is 6.31. The van der Waals surface area contributed by atoms with E-state index < -0.39 is 0 Å². The minimum Gasteiger partial charge on any atom is -0.497 e. The van der Waals surface area contributed by atoms with Gasteiger partial charge in [0.1, 0.15) is 16.8 Å². The molecule has 0 saturated heterocycles. The fourth-order valence-corrected chi connectivity index (χ4v) is 3.32. The first-order chi connectivity index (χ1) is 11.3. The molecule has 0 aliphatic carbocycles. The largest absolute Gasteiger partial charge is 0.497 e. The Morgan fingerprint density at radius 3 is 2.75 bits per heavy atom. The number of hydrogen-bond acceptors (Lipinski definition) is 4. The normalized spacial score (nSPS) is 11.3. The number of nitrogens with one attached hydrogen (secondary N) is 1. The molecule has 0 saturated carbocycles. The van der Waals surface area contributed by atoms with Gasteiger partial charge in [0.15, 0.2) is 0 Å². The van der Waals surface area contributed by atoms with Crippen LogP contribution in [0.5, 0.6) is 5.75 Å². The zero-order valence-electron chi connectivity index (χ0n) is 14.2. The van der Waals surface area contributed by atoms with E-state index in [-0.39, 0.29) is 11.3 Å². The van der Waals surface area contributed by atoms with Crippen molar-refractivity contribution in [3.05, 3.63) is 52.4 Å². The van der Waals surface area contributed by atoms with Gasteiger partial charge in [0.2, 0.25) is 5.91 Å². The second-order valence-corrected chi connectivity index (χ2v) is 7.19. The zero-order chi connectivity index (χ0) is 17.7. The van der Waals surface area contributed by atoms with Crippen LogP contribution >= 0.6 is 11.3 Å². The zero-order valence-corrected chi connectivity index (χ0v) is 15.0. The lowest BCUT2D eigenvalue weighted by Gasteiger charge is -2.17. The van der Waals surface area contributed by atoms with Gasteiger partial charge in [-0.05, 0) is 40.1 Å². The van der Waals surface area contributed by atoms with Crippen LogP contribution in [0.3, 0.4) is 0 Å². The van der Waals surface area contributed by atoms with Gasteiger partial charge in [0, 0.05) is 6.08 Å². The molecule has 1 aromatic heterocycles. The molecule has 24 heavy (non-hydrogen) atoms. The number of nitriles is 1. The standard InChI is InChI=1S/C19H20N2O2S/c1-19(2,3)16-12-24-18(15(16)11-20)21-17(22)9-8-13-6-5-7-14(10-13)23-4/h5-10,12H,1-4H3,(H,21,22)/b9-8+. The molecule has 5 heteroatoms. The number of thiophene rings is 1. The first kappa shape index (κ1) is 17.8. The quantitative estimate of drug-likeness (QED) is 0.829. The predicted molar refractivity (Wildman–Crippen MR) is 98.4 cm³/mol. The highest BCUT2D eigenvalue weighted by Gasteiger charge is 2.22. The fourth-order valence-electron chi connectivity index (χ4n) is 2.18. The van der Waals surface area contributed by atoms with Crippen LogP contribution < -0.4 is 10.1 Å². The van der Waals surface area contributed by atoms with Gasteiger partial charge < -0.3 is 10.1 Å². The summed E-state index contributed by atoms with van der Waals surface area (Å²) in [5.74, 6) is 0.467. The van der Waals surface area contributed by atoms with Crippen molar-refractivity contribution in [2.24, 2.45) is 0 Å². The van der Waals surface area contributed by atoms with Crippen LogP contribution in [-0.2, 0) is 10.2 Å². The number of carbonyl (C=O) groups is 1. The molecule has 0 aliphatic heterocycles. The van der Waals surface area contributed by atoms with E-state index in [9.17, 15) is 10.1 Å². The van der Waals surface area contributed by atoms with Crippen LogP contribution in [0.15, 0.2) is 35.7 Å². The van der Waals surface area contributed by atoms with Crippen molar-refractivity contribution in [2.75, 3.05) is 12.4 Å². The average molecular weight is 340 g/mol. The van der Waals surface area contributed by atoms with E-state index in [1.807, 2.05) is 50.4 Å². The number of methoxy groups -OCH3 is 1. The second kappa shape index (κ2) is 7.33. The molecule has 124 valence electrons. The van der Waals surface area contributed by atoms with E-state index in [1.54, 1.807) is 13.2 Å². The Bertz CT molecular complexity index is 808. The van der Waals surface area contributed by atoms with Crippen LogP contribution in [0, 0.1) is 11.3 Å². The van der Waals surface area contributed by atoms with E-state index >= 15 is 0 Å². The maximum absolute atomic E-state index is 12.1. The molecule has 1 amide bonds. The summed E-state index contributed by atoms with van der Waals surface area (Å²) in [6.45, 7) is 6.14. The molecule has 1 N–H and O–H groups in total. The first-order valence-electron chi connectivity index (χ1n) is 7.50. The molecule has 1 heterocycles. The lowest BCUT2D eigenvalue weighted by molar-refractivity contribution is -0.111. The Kier molecular flexibility index (Phi) is 5.42. The molecular weight excluding hydrogens is 320 g/mol. The molecule has 0 aliphatic rings. The SMILES string of the molecule is COc1cccc(/C=C/C(=O)Nc2scc(C(C)(C)C)c2C#N)c1. The molecule has 1 aromatic carbocycles. The van der Waals surface area contributed by atoms with Gasteiger partial charge >= 0.3 is 0 Å². The monoisotopic (exact) mass is 340 g/mol. The molecule has 0 fully saturated rings. The van der Waals surface area contributed by atoms with E-state index in [1.165, 1.54) is 17.4 Å². The summed E-state index contributed by atoms with van der Waals surface area (Å²) in [7, 11) is 1.60. The minimum atomic E-state index is -0.267. The van der Waals surface area contributed by atoms with Gasteiger partial charge in [-0.2, -0.15) is 5.26 Å². The van der Waals surface area contributed by atoms with E-state index in [0.717, 1.165) is 16.9 Å². The summed E-state index contributed by atoms with van der Waals surface area (Å²) >= 11 is 1.38. The van der Waals surface area contributed by atoms with Crippen molar-refractivity contribution in [3.63, 3.8) is 0 Å². The van der Waals surface area contributed by atoms with Crippen molar-refractivity contribution in [1.29, 1.82) is 5.26 Å². The van der Waals surface area contributed by atoms with Crippen molar-refractivity contribution in [3.8, 4) is 11.8 Å². The van der Waals surface area contributed by atoms with Crippen LogP contribution in [0.2, 0.25) is 0 Å². The highest BCUT2D eigenvalue weighted by molar-refractivity contribution is 7.14. The molecule has 0 spiro atoms. The molecule has 2 rings (SSSR count). The Labute approximate surface area is 146 Å². The van der Waals surface area contributed by atoms with Gasteiger partial charge in [0.25, 0.3) is 0 Å². The van der Waals surface area contributed by atoms with Gasteiger partial charge in [-0.25, -0.2) is 0 Å². The Hall–Kier alpha value is -2.58. The van der Waals surface area contributed by atoms with Crippen molar-refractivity contribution in [1.82, 2.24) is 0 Å². The molecule has 0 bridgehead atoms. The summed E-state index contributed by atoms with van der Waals surface area (Å²) in [5.41, 5.74) is 2.21. The molecule has 0 unspecified atom stereocenters. The average Bonchev–Trinajstić information content (AvgIpc) is 2.96. The van der Waals surface area contributed by atoms with Crippen LogP contribution in [-0.4, -0.2) is 13.0 Å². The van der Waals surface area contributed by atoms with Gasteiger partial charge in [0.05, 0.1) is 12.7 Å². The lowest BCUT2D eigenvalue weighted by atomic mass is 9.86. The smallest absolute Gasteiger partial charge is 0.249 e. The Balaban J connectivity index is 2.14. The van der Waals surface area contributed by atoms with Gasteiger partial charge in [-0.1, -0.05) is 32.9 Å². The number of benzene rings is 1. The van der Waals surface area contributed by atoms with Crippen molar-refractivity contribution in [2.45, 2.75) is 26.2 Å². The Morgan fingerprint density at radius 1 is 1.38 bits per heavy atom. The molecule has 2 aromatic rings. The summed E-state index contributed by atoms with van der Waals surface area (Å²) in [4.78, 5) is 12.1. The molecule has 0 radical (unpaired) electrons. The minimum absolute atomic E-state index is 0.138. The molecule has 0 atom stereocenters. The third-order valence-corrected chi connectivity index (χ3v) is 4.36. The Morgan fingerprint density at radius 2 is 2.12 bits per heavy atom. The third-order valence-electron chi connectivity index (χ3n) is 3.47.